The zero-order valence-electron chi connectivity index (χ0n) is 20.0. The molecule has 0 aromatic carbocycles. The van der Waals surface area contributed by atoms with Crippen LogP contribution in [0.25, 0.3) is 0 Å². The van der Waals surface area contributed by atoms with Crippen molar-refractivity contribution in [1.29, 1.82) is 0 Å². The van der Waals surface area contributed by atoms with Crippen LogP contribution < -0.4 is 5.32 Å². The third-order valence-electron chi connectivity index (χ3n) is 7.82. The maximum atomic E-state index is 13.6. The highest BCUT2D eigenvalue weighted by molar-refractivity contribution is 6.07. The molecular weight excluding hydrogens is 402 g/mol. The van der Waals surface area contributed by atoms with E-state index in [1.54, 1.807) is 0 Å². The van der Waals surface area contributed by atoms with Crippen LogP contribution in [0.3, 0.4) is 0 Å². The molecule has 3 fully saturated rings. The van der Waals surface area contributed by atoms with Gasteiger partial charge in [0.2, 0.25) is 0 Å². The van der Waals surface area contributed by atoms with Crippen LogP contribution in [0.2, 0.25) is 0 Å². The Morgan fingerprint density at radius 3 is 2.59 bits per heavy atom. The highest BCUT2D eigenvalue weighted by Crippen LogP contribution is 2.37. The number of aromatic nitrogens is 1. The van der Waals surface area contributed by atoms with Crippen molar-refractivity contribution in [2.24, 2.45) is 5.92 Å². The first-order valence-electron chi connectivity index (χ1n) is 12.4. The molecule has 0 bridgehead atoms. The largest absolute Gasteiger partial charge is 0.325 e. The SMILES string of the molecule is CCCC1(C2CCN(Cc3cccc(C)n3)CC2)NC(=O)N(CCC2CCCN2C)C1=O. The highest BCUT2D eigenvalue weighted by Gasteiger charge is 2.55. The zero-order chi connectivity index (χ0) is 22.7. The van der Waals surface area contributed by atoms with Crippen LogP contribution in [0.1, 0.15) is 63.3 Å². The Morgan fingerprint density at radius 1 is 1.16 bits per heavy atom. The second-order valence-electron chi connectivity index (χ2n) is 9.99. The Kier molecular flexibility index (Phi) is 7.15. The Bertz CT molecular complexity index is 822. The summed E-state index contributed by atoms with van der Waals surface area (Å²) in [4.78, 5) is 37.5. The second kappa shape index (κ2) is 9.87. The minimum Gasteiger partial charge on any atom is -0.323 e. The quantitative estimate of drug-likeness (QED) is 0.628. The van der Waals surface area contributed by atoms with Gasteiger partial charge in [-0.05, 0) is 90.2 Å². The topological polar surface area (TPSA) is 68.8 Å². The summed E-state index contributed by atoms with van der Waals surface area (Å²) in [5, 5.41) is 3.19. The van der Waals surface area contributed by atoms with Crippen molar-refractivity contribution in [3.05, 3.63) is 29.6 Å². The number of nitrogens with one attached hydrogen (secondary N) is 1. The predicted octanol–water partition coefficient (Wildman–Crippen LogP) is 3.18. The van der Waals surface area contributed by atoms with Crippen LogP contribution in [0.4, 0.5) is 4.79 Å². The first-order valence-corrected chi connectivity index (χ1v) is 12.4. The Labute approximate surface area is 192 Å². The minimum absolute atomic E-state index is 0.0174. The fourth-order valence-corrected chi connectivity index (χ4v) is 6.02. The van der Waals surface area contributed by atoms with Crippen molar-refractivity contribution >= 4 is 11.9 Å². The van der Waals surface area contributed by atoms with Gasteiger partial charge >= 0.3 is 6.03 Å². The summed E-state index contributed by atoms with van der Waals surface area (Å²) in [6.45, 7) is 8.48. The Balaban J connectivity index is 1.39. The summed E-state index contributed by atoms with van der Waals surface area (Å²) in [7, 11) is 2.14. The number of carbonyl (C=O) groups excluding carboxylic acids is 2. The average molecular weight is 442 g/mol. The number of imide groups is 1. The monoisotopic (exact) mass is 441 g/mol. The molecule has 0 saturated carbocycles. The normalized spacial score (nSPS) is 28.0. The van der Waals surface area contributed by atoms with Gasteiger partial charge in [0.1, 0.15) is 5.54 Å². The van der Waals surface area contributed by atoms with Crippen molar-refractivity contribution in [3.8, 4) is 0 Å². The zero-order valence-corrected chi connectivity index (χ0v) is 20.0. The lowest BCUT2D eigenvalue weighted by Crippen LogP contribution is -2.56. The first kappa shape index (κ1) is 23.2. The lowest BCUT2D eigenvalue weighted by Gasteiger charge is -2.41. The van der Waals surface area contributed by atoms with E-state index in [0.29, 0.717) is 12.6 Å². The molecule has 0 spiro atoms. The summed E-state index contributed by atoms with van der Waals surface area (Å²) in [5.74, 6) is 0.212. The number of rotatable bonds is 8. The second-order valence-corrected chi connectivity index (χ2v) is 9.99. The van der Waals surface area contributed by atoms with Crippen LogP contribution >= 0.6 is 0 Å². The lowest BCUT2D eigenvalue weighted by molar-refractivity contribution is -0.134. The molecule has 4 rings (SSSR count). The number of hydrogen-bond donors (Lipinski definition) is 1. The molecule has 3 aliphatic rings. The van der Waals surface area contributed by atoms with E-state index in [-0.39, 0.29) is 17.9 Å². The van der Waals surface area contributed by atoms with E-state index in [2.05, 4.69) is 46.2 Å². The van der Waals surface area contributed by atoms with Gasteiger partial charge in [-0.2, -0.15) is 0 Å². The minimum atomic E-state index is -0.721. The van der Waals surface area contributed by atoms with Crippen LogP contribution in [-0.4, -0.2) is 76.4 Å². The van der Waals surface area contributed by atoms with Crippen molar-refractivity contribution in [3.63, 3.8) is 0 Å². The van der Waals surface area contributed by atoms with E-state index in [1.165, 1.54) is 11.3 Å². The Morgan fingerprint density at radius 2 is 1.94 bits per heavy atom. The summed E-state index contributed by atoms with van der Waals surface area (Å²) in [6, 6.07) is 6.46. The van der Waals surface area contributed by atoms with Gasteiger partial charge in [0.05, 0.1) is 5.69 Å². The van der Waals surface area contributed by atoms with Crippen molar-refractivity contribution < 1.29 is 9.59 Å². The van der Waals surface area contributed by atoms with E-state index < -0.39 is 5.54 Å². The molecular formula is C25H39N5O2. The van der Waals surface area contributed by atoms with Crippen molar-refractivity contribution in [2.45, 2.75) is 76.9 Å². The molecule has 32 heavy (non-hydrogen) atoms. The Hall–Kier alpha value is -1.99. The molecule has 3 aliphatic heterocycles. The van der Waals surface area contributed by atoms with E-state index in [9.17, 15) is 9.59 Å². The van der Waals surface area contributed by atoms with Gasteiger partial charge in [0.15, 0.2) is 0 Å². The molecule has 3 saturated heterocycles. The molecule has 2 atom stereocenters. The standard InChI is InChI=1S/C25H39N5O2/c1-4-13-25(20-10-15-29(16-11-20)18-21-8-5-7-19(2)26-21)23(31)30(24(32)27-25)17-12-22-9-6-14-28(22)3/h5,7-8,20,22H,4,6,9-18H2,1-3H3,(H,27,32). The lowest BCUT2D eigenvalue weighted by atomic mass is 9.74. The number of pyridine rings is 1. The van der Waals surface area contributed by atoms with Gasteiger partial charge in [-0.25, -0.2) is 4.79 Å². The number of aryl methyl sites for hydroxylation is 1. The van der Waals surface area contributed by atoms with E-state index >= 15 is 0 Å². The molecule has 1 aromatic rings. The summed E-state index contributed by atoms with van der Waals surface area (Å²) in [6.07, 6.45) is 6.71. The fourth-order valence-electron chi connectivity index (χ4n) is 6.02. The fraction of sp³-hybridized carbons (Fsp3) is 0.720. The van der Waals surface area contributed by atoms with Gasteiger partial charge in [-0.1, -0.05) is 19.4 Å². The molecule has 2 unspecified atom stereocenters. The van der Waals surface area contributed by atoms with Crippen molar-refractivity contribution in [1.82, 2.24) is 25.0 Å². The third-order valence-corrected chi connectivity index (χ3v) is 7.82. The molecule has 1 N–H and O–H groups in total. The number of carbonyl (C=O) groups is 2. The van der Waals surface area contributed by atoms with Gasteiger partial charge in [-0.3, -0.25) is 19.6 Å². The molecule has 7 heteroatoms. The third kappa shape index (κ3) is 4.69. The van der Waals surface area contributed by atoms with Gasteiger partial charge in [0, 0.05) is 24.8 Å². The maximum Gasteiger partial charge on any atom is 0.325 e. The van der Waals surface area contributed by atoms with E-state index in [4.69, 9.17) is 0 Å². The average Bonchev–Trinajstić information content (AvgIpc) is 3.28. The van der Waals surface area contributed by atoms with Crippen LogP contribution in [-0.2, 0) is 11.3 Å². The molecule has 4 heterocycles. The number of piperidine rings is 1. The molecule has 176 valence electrons. The maximum absolute atomic E-state index is 13.6. The smallest absolute Gasteiger partial charge is 0.323 e. The van der Waals surface area contributed by atoms with Crippen LogP contribution in [0, 0.1) is 12.8 Å². The van der Waals surface area contributed by atoms with Gasteiger partial charge in [-0.15, -0.1) is 0 Å². The van der Waals surface area contributed by atoms with Crippen LogP contribution in [0.15, 0.2) is 18.2 Å². The van der Waals surface area contributed by atoms with Crippen molar-refractivity contribution in [2.75, 3.05) is 33.2 Å². The molecule has 0 aliphatic carbocycles. The van der Waals surface area contributed by atoms with E-state index in [1.807, 2.05) is 13.0 Å². The first-order chi connectivity index (χ1) is 15.4. The van der Waals surface area contributed by atoms with E-state index in [0.717, 1.165) is 76.1 Å². The number of likely N-dealkylation sites (tertiary alicyclic amines) is 2. The van der Waals surface area contributed by atoms with Crippen LogP contribution in [0.5, 0.6) is 0 Å². The highest BCUT2D eigenvalue weighted by atomic mass is 16.2. The molecule has 7 nitrogen and oxygen atoms in total. The number of hydrogen-bond acceptors (Lipinski definition) is 5. The molecule has 3 amide bonds. The predicted molar refractivity (Wildman–Crippen MR) is 125 cm³/mol. The summed E-state index contributed by atoms with van der Waals surface area (Å²) < 4.78 is 0. The number of nitrogens with zero attached hydrogens (tertiary/aromatic N) is 4. The molecule has 1 aromatic heterocycles. The number of urea groups is 1. The molecule has 0 radical (unpaired) electrons. The van der Waals surface area contributed by atoms with Gasteiger partial charge in [0.25, 0.3) is 5.91 Å². The summed E-state index contributed by atoms with van der Waals surface area (Å²) in [5.41, 5.74) is 1.42. The van der Waals surface area contributed by atoms with Gasteiger partial charge < -0.3 is 10.2 Å². The summed E-state index contributed by atoms with van der Waals surface area (Å²) >= 11 is 0. The number of amides is 3.